The van der Waals surface area contributed by atoms with Crippen LogP contribution >= 0.6 is 11.6 Å². The molecule has 2 rings (SSSR count). The van der Waals surface area contributed by atoms with Gasteiger partial charge in [-0.3, -0.25) is 0 Å². The molecule has 1 aromatic rings. The Morgan fingerprint density at radius 3 is 2.75 bits per heavy atom. The highest BCUT2D eigenvalue weighted by Crippen LogP contribution is 2.41. The van der Waals surface area contributed by atoms with Gasteiger partial charge in [0.15, 0.2) is 0 Å². The van der Waals surface area contributed by atoms with Crippen LogP contribution in [0.4, 0.5) is 0 Å². The molecule has 62 valence electrons. The fourth-order valence-corrected chi connectivity index (χ4v) is 1.50. The molecule has 0 aromatic heterocycles. The van der Waals surface area contributed by atoms with Gasteiger partial charge in [-0.1, -0.05) is 35.9 Å². The second-order valence-corrected chi connectivity index (χ2v) is 3.19. The predicted octanol–water partition coefficient (Wildman–Crippen LogP) is 2.97. The molecule has 12 heavy (non-hydrogen) atoms. The molecule has 2 heteroatoms. The average molecular weight is 181 g/mol. The summed E-state index contributed by atoms with van der Waals surface area (Å²) in [6.07, 6.45) is 2.09. The maximum absolute atomic E-state index is 5.97. The Balaban J connectivity index is 2.25. The lowest BCUT2D eigenvalue weighted by Crippen LogP contribution is -1.84. The lowest BCUT2D eigenvalue weighted by molar-refractivity contribution is 0.394. The molecule has 1 aliphatic rings. The van der Waals surface area contributed by atoms with Crippen LogP contribution in [-0.2, 0) is 4.74 Å². The maximum Gasteiger partial charge on any atom is 0.115 e. The number of benzene rings is 1. The van der Waals surface area contributed by atoms with Crippen molar-refractivity contribution in [2.75, 3.05) is 0 Å². The van der Waals surface area contributed by atoms with Crippen LogP contribution in [-0.4, -0.2) is 6.10 Å². The van der Waals surface area contributed by atoms with Gasteiger partial charge in [-0.15, -0.1) is 6.58 Å². The monoisotopic (exact) mass is 180 g/mol. The highest BCUT2D eigenvalue weighted by Gasteiger charge is 2.38. The SMILES string of the molecule is C=CC1OC1c1ccccc1Cl. The highest BCUT2D eigenvalue weighted by molar-refractivity contribution is 6.31. The Morgan fingerprint density at radius 1 is 1.42 bits per heavy atom. The first kappa shape index (κ1) is 7.84. The Bertz CT molecular complexity index is 308. The standard InChI is InChI=1S/C10H9ClO/c1-2-9-10(12-9)7-5-3-4-6-8(7)11/h2-6,9-10H,1H2. The summed E-state index contributed by atoms with van der Waals surface area (Å²) in [5.41, 5.74) is 1.06. The summed E-state index contributed by atoms with van der Waals surface area (Å²) < 4.78 is 5.33. The number of hydrogen-bond donors (Lipinski definition) is 0. The second-order valence-electron chi connectivity index (χ2n) is 2.78. The van der Waals surface area contributed by atoms with Crippen molar-refractivity contribution in [1.82, 2.24) is 0 Å². The van der Waals surface area contributed by atoms with Gasteiger partial charge >= 0.3 is 0 Å². The normalized spacial score (nSPS) is 26.8. The number of halogens is 1. The molecule has 0 radical (unpaired) electrons. The van der Waals surface area contributed by atoms with Crippen molar-refractivity contribution in [2.24, 2.45) is 0 Å². The molecule has 1 aromatic carbocycles. The first-order chi connectivity index (χ1) is 5.83. The summed E-state index contributed by atoms with van der Waals surface area (Å²) >= 11 is 5.97. The zero-order valence-electron chi connectivity index (χ0n) is 6.53. The van der Waals surface area contributed by atoms with Crippen LogP contribution in [0, 0.1) is 0 Å². The summed E-state index contributed by atoms with van der Waals surface area (Å²) in [5.74, 6) is 0. The zero-order valence-corrected chi connectivity index (χ0v) is 7.29. The molecule has 0 saturated carbocycles. The lowest BCUT2D eigenvalue weighted by Gasteiger charge is -1.97. The van der Waals surface area contributed by atoms with E-state index in [4.69, 9.17) is 16.3 Å². The van der Waals surface area contributed by atoms with Crippen LogP contribution in [0.25, 0.3) is 0 Å². The molecule has 0 spiro atoms. The predicted molar refractivity (Wildman–Crippen MR) is 49.3 cm³/mol. The first-order valence-electron chi connectivity index (χ1n) is 3.85. The van der Waals surface area contributed by atoms with Crippen LogP contribution in [0.15, 0.2) is 36.9 Å². The van der Waals surface area contributed by atoms with E-state index >= 15 is 0 Å². The minimum Gasteiger partial charge on any atom is -0.360 e. The summed E-state index contributed by atoms with van der Waals surface area (Å²) in [6, 6.07) is 7.73. The molecular formula is C10H9ClO. The molecule has 0 bridgehead atoms. The van der Waals surface area contributed by atoms with Gasteiger partial charge in [-0.2, -0.15) is 0 Å². The van der Waals surface area contributed by atoms with Crippen molar-refractivity contribution in [3.05, 3.63) is 47.5 Å². The van der Waals surface area contributed by atoms with Crippen molar-refractivity contribution in [3.63, 3.8) is 0 Å². The molecule has 0 amide bonds. The van der Waals surface area contributed by atoms with Gasteiger partial charge < -0.3 is 4.74 Å². The Labute approximate surface area is 76.6 Å². The van der Waals surface area contributed by atoms with Gasteiger partial charge in [0.25, 0.3) is 0 Å². The van der Waals surface area contributed by atoms with Crippen molar-refractivity contribution < 1.29 is 4.74 Å². The molecular weight excluding hydrogens is 172 g/mol. The minimum atomic E-state index is 0.135. The van der Waals surface area contributed by atoms with Gasteiger partial charge in [0.05, 0.1) is 0 Å². The molecule has 1 fully saturated rings. The fourth-order valence-electron chi connectivity index (χ4n) is 1.26. The highest BCUT2D eigenvalue weighted by atomic mass is 35.5. The van der Waals surface area contributed by atoms with Gasteiger partial charge in [-0.05, 0) is 6.07 Å². The van der Waals surface area contributed by atoms with Crippen LogP contribution < -0.4 is 0 Å². The molecule has 2 atom stereocenters. The van der Waals surface area contributed by atoms with E-state index in [9.17, 15) is 0 Å². The van der Waals surface area contributed by atoms with Crippen molar-refractivity contribution >= 4 is 11.6 Å². The quantitative estimate of drug-likeness (QED) is 0.504. The van der Waals surface area contributed by atoms with E-state index in [1.165, 1.54) is 0 Å². The van der Waals surface area contributed by atoms with Crippen molar-refractivity contribution in [2.45, 2.75) is 12.2 Å². The third-order valence-corrected chi connectivity index (χ3v) is 2.31. The molecule has 2 unspecified atom stereocenters. The molecule has 0 aliphatic carbocycles. The lowest BCUT2D eigenvalue weighted by atomic mass is 10.1. The van der Waals surface area contributed by atoms with Gasteiger partial charge in [0.2, 0.25) is 0 Å². The fraction of sp³-hybridized carbons (Fsp3) is 0.200. The van der Waals surface area contributed by atoms with Crippen LogP contribution in [0.3, 0.4) is 0 Å². The molecule has 1 heterocycles. The Morgan fingerprint density at radius 2 is 2.17 bits per heavy atom. The van der Waals surface area contributed by atoms with Crippen LogP contribution in [0.5, 0.6) is 0 Å². The number of ether oxygens (including phenoxy) is 1. The maximum atomic E-state index is 5.97. The van der Waals surface area contributed by atoms with Crippen LogP contribution in [0.1, 0.15) is 11.7 Å². The molecule has 1 saturated heterocycles. The summed E-state index contributed by atoms with van der Waals surface area (Å²) in [4.78, 5) is 0. The van der Waals surface area contributed by atoms with Gasteiger partial charge in [0.1, 0.15) is 12.2 Å². The average Bonchev–Trinajstić information content (AvgIpc) is 2.84. The number of rotatable bonds is 2. The van der Waals surface area contributed by atoms with Crippen molar-refractivity contribution in [3.8, 4) is 0 Å². The summed E-state index contributed by atoms with van der Waals surface area (Å²) in [7, 11) is 0. The topological polar surface area (TPSA) is 12.5 Å². The minimum absolute atomic E-state index is 0.135. The molecule has 0 N–H and O–H groups in total. The molecule has 1 nitrogen and oxygen atoms in total. The van der Waals surface area contributed by atoms with E-state index in [1.807, 2.05) is 24.3 Å². The number of hydrogen-bond acceptors (Lipinski definition) is 1. The second kappa shape index (κ2) is 2.92. The largest absolute Gasteiger partial charge is 0.360 e. The van der Waals surface area contributed by atoms with E-state index in [1.54, 1.807) is 6.08 Å². The van der Waals surface area contributed by atoms with Gasteiger partial charge in [-0.25, -0.2) is 0 Å². The van der Waals surface area contributed by atoms with E-state index in [2.05, 4.69) is 6.58 Å². The van der Waals surface area contributed by atoms with Crippen LogP contribution in [0.2, 0.25) is 5.02 Å². The van der Waals surface area contributed by atoms with E-state index in [-0.39, 0.29) is 12.2 Å². The number of epoxide rings is 1. The third-order valence-electron chi connectivity index (χ3n) is 1.97. The van der Waals surface area contributed by atoms with E-state index in [0.29, 0.717) is 0 Å². The smallest absolute Gasteiger partial charge is 0.115 e. The van der Waals surface area contributed by atoms with E-state index < -0.39 is 0 Å². The first-order valence-corrected chi connectivity index (χ1v) is 4.23. The molecule has 1 aliphatic heterocycles. The third kappa shape index (κ3) is 1.26. The Hall–Kier alpha value is -0.790. The van der Waals surface area contributed by atoms with E-state index in [0.717, 1.165) is 10.6 Å². The summed E-state index contributed by atoms with van der Waals surface area (Å²) in [6.45, 7) is 3.66. The van der Waals surface area contributed by atoms with Gasteiger partial charge in [0, 0.05) is 10.6 Å². The Kier molecular flexibility index (Phi) is 1.91. The van der Waals surface area contributed by atoms with Crippen molar-refractivity contribution in [1.29, 1.82) is 0 Å². The summed E-state index contributed by atoms with van der Waals surface area (Å²) in [5, 5.41) is 0.770. The zero-order chi connectivity index (χ0) is 8.55.